The summed E-state index contributed by atoms with van der Waals surface area (Å²) in [5.74, 6) is -2.25. The van der Waals surface area contributed by atoms with E-state index in [1.165, 1.54) is 4.90 Å². The van der Waals surface area contributed by atoms with E-state index in [4.69, 9.17) is 5.73 Å². The maximum absolute atomic E-state index is 12.5. The van der Waals surface area contributed by atoms with Crippen LogP contribution in [-0.2, 0) is 9.59 Å². The van der Waals surface area contributed by atoms with Gasteiger partial charge in [-0.25, -0.2) is 0 Å². The van der Waals surface area contributed by atoms with Gasteiger partial charge in [0.2, 0.25) is 11.8 Å². The molecular formula is C12H18F3N3O2. The molecule has 0 spiro atoms. The lowest BCUT2D eigenvalue weighted by Crippen LogP contribution is -2.56. The summed E-state index contributed by atoms with van der Waals surface area (Å²) in [7, 11) is 0. The predicted octanol–water partition coefficient (Wildman–Crippen LogP) is 0.393. The number of amides is 2. The monoisotopic (exact) mass is 293 g/mol. The number of likely N-dealkylation sites (tertiary alicyclic amines) is 1. The van der Waals surface area contributed by atoms with Crippen molar-refractivity contribution in [2.24, 2.45) is 11.7 Å². The Morgan fingerprint density at radius 1 is 1.30 bits per heavy atom. The molecule has 5 nitrogen and oxygen atoms in total. The normalized spacial score (nSPS) is 31.9. The standard InChI is InChI=1S/C12H18F3N3O2/c13-12(14,15)9-4-3-8(10(19)17-9)11(20)18-5-1-2-7(16)6-18/h7-9H,1-6,16H2,(H,17,19). The molecule has 20 heavy (non-hydrogen) atoms. The quantitative estimate of drug-likeness (QED) is 0.687. The zero-order valence-electron chi connectivity index (χ0n) is 10.9. The first-order chi connectivity index (χ1) is 9.29. The number of rotatable bonds is 1. The van der Waals surface area contributed by atoms with Crippen molar-refractivity contribution in [1.29, 1.82) is 0 Å². The molecule has 2 aliphatic heterocycles. The van der Waals surface area contributed by atoms with E-state index in [0.717, 1.165) is 12.8 Å². The summed E-state index contributed by atoms with van der Waals surface area (Å²) in [6, 6.07) is -1.97. The van der Waals surface area contributed by atoms with Crippen LogP contribution in [0.1, 0.15) is 25.7 Å². The molecule has 114 valence electrons. The Morgan fingerprint density at radius 3 is 2.55 bits per heavy atom. The van der Waals surface area contributed by atoms with Crippen molar-refractivity contribution < 1.29 is 22.8 Å². The molecule has 2 aliphatic rings. The summed E-state index contributed by atoms with van der Waals surface area (Å²) in [6.45, 7) is 0.879. The molecule has 8 heteroatoms. The second-order valence-corrected chi connectivity index (χ2v) is 5.42. The Hall–Kier alpha value is -1.31. The van der Waals surface area contributed by atoms with E-state index in [1.807, 2.05) is 5.32 Å². The van der Waals surface area contributed by atoms with Crippen LogP contribution in [0.15, 0.2) is 0 Å². The highest BCUT2D eigenvalue weighted by atomic mass is 19.4. The number of carbonyl (C=O) groups excluding carboxylic acids is 2. The number of piperidine rings is 2. The summed E-state index contributed by atoms with van der Waals surface area (Å²) >= 11 is 0. The second-order valence-electron chi connectivity index (χ2n) is 5.42. The number of halogens is 3. The minimum Gasteiger partial charge on any atom is -0.344 e. The average Bonchev–Trinajstić information content (AvgIpc) is 2.36. The lowest BCUT2D eigenvalue weighted by atomic mass is 9.91. The van der Waals surface area contributed by atoms with Gasteiger partial charge in [-0.2, -0.15) is 13.2 Å². The Morgan fingerprint density at radius 2 is 2.00 bits per heavy atom. The van der Waals surface area contributed by atoms with Crippen LogP contribution in [0.4, 0.5) is 13.2 Å². The topological polar surface area (TPSA) is 75.4 Å². The largest absolute Gasteiger partial charge is 0.408 e. The van der Waals surface area contributed by atoms with Crippen LogP contribution in [0.3, 0.4) is 0 Å². The van der Waals surface area contributed by atoms with Crippen LogP contribution in [0, 0.1) is 5.92 Å². The van der Waals surface area contributed by atoms with Gasteiger partial charge in [0.05, 0.1) is 0 Å². The molecule has 0 bridgehead atoms. The highest BCUT2D eigenvalue weighted by Crippen LogP contribution is 2.29. The van der Waals surface area contributed by atoms with Crippen molar-refractivity contribution in [2.45, 2.75) is 43.9 Å². The SMILES string of the molecule is NC1CCCN(C(=O)C2CCC(C(F)(F)F)NC2=O)C1. The molecule has 0 radical (unpaired) electrons. The minimum atomic E-state index is -4.46. The van der Waals surface area contributed by atoms with Gasteiger partial charge in [0.25, 0.3) is 0 Å². The summed E-state index contributed by atoms with van der Waals surface area (Å²) in [6.07, 6.45) is -3.22. The van der Waals surface area contributed by atoms with E-state index < -0.39 is 30.0 Å². The van der Waals surface area contributed by atoms with Crippen LogP contribution in [-0.4, -0.2) is 48.1 Å². The van der Waals surface area contributed by atoms with Crippen LogP contribution < -0.4 is 11.1 Å². The first-order valence-corrected chi connectivity index (χ1v) is 6.70. The molecule has 0 aromatic rings. The van der Waals surface area contributed by atoms with Crippen molar-refractivity contribution in [3.05, 3.63) is 0 Å². The zero-order chi connectivity index (χ0) is 14.9. The number of nitrogens with two attached hydrogens (primary N) is 1. The number of nitrogens with one attached hydrogen (secondary N) is 1. The number of hydrogen-bond acceptors (Lipinski definition) is 3. The van der Waals surface area contributed by atoms with E-state index in [0.29, 0.717) is 13.1 Å². The first-order valence-electron chi connectivity index (χ1n) is 6.70. The fraction of sp³-hybridized carbons (Fsp3) is 0.833. The molecule has 2 rings (SSSR count). The van der Waals surface area contributed by atoms with Gasteiger partial charge in [0.15, 0.2) is 0 Å². The minimum absolute atomic E-state index is 0.0689. The number of alkyl halides is 3. The highest BCUT2D eigenvalue weighted by Gasteiger charge is 2.46. The fourth-order valence-electron chi connectivity index (χ4n) is 2.72. The zero-order valence-corrected chi connectivity index (χ0v) is 10.9. The number of nitrogens with zero attached hydrogens (tertiary/aromatic N) is 1. The van der Waals surface area contributed by atoms with Crippen molar-refractivity contribution >= 4 is 11.8 Å². The molecule has 2 fully saturated rings. The molecule has 3 unspecified atom stereocenters. The molecule has 3 N–H and O–H groups in total. The second kappa shape index (κ2) is 5.59. The first kappa shape index (κ1) is 15.1. The number of hydrogen-bond donors (Lipinski definition) is 2. The highest BCUT2D eigenvalue weighted by molar-refractivity contribution is 6.01. The summed E-state index contributed by atoms with van der Waals surface area (Å²) < 4.78 is 37.6. The van der Waals surface area contributed by atoms with E-state index >= 15 is 0 Å². The van der Waals surface area contributed by atoms with Crippen LogP contribution >= 0.6 is 0 Å². The van der Waals surface area contributed by atoms with Gasteiger partial charge >= 0.3 is 6.18 Å². The van der Waals surface area contributed by atoms with E-state index in [1.54, 1.807) is 0 Å². The molecular weight excluding hydrogens is 275 g/mol. The lowest BCUT2D eigenvalue weighted by Gasteiger charge is -2.36. The fourth-order valence-corrected chi connectivity index (χ4v) is 2.72. The number of carbonyl (C=O) groups is 2. The molecule has 0 aromatic carbocycles. The Kier molecular flexibility index (Phi) is 4.22. The van der Waals surface area contributed by atoms with Gasteiger partial charge in [-0.1, -0.05) is 0 Å². The third-order valence-electron chi connectivity index (χ3n) is 3.84. The van der Waals surface area contributed by atoms with Gasteiger partial charge in [0.1, 0.15) is 12.0 Å². The summed E-state index contributed by atoms with van der Waals surface area (Å²) in [5, 5.41) is 1.89. The van der Waals surface area contributed by atoms with Crippen molar-refractivity contribution in [2.75, 3.05) is 13.1 Å². The molecule has 0 saturated carbocycles. The Balaban J connectivity index is 1.97. The lowest BCUT2D eigenvalue weighted by molar-refractivity contribution is -0.172. The van der Waals surface area contributed by atoms with Crippen LogP contribution in [0.2, 0.25) is 0 Å². The maximum Gasteiger partial charge on any atom is 0.408 e. The third-order valence-corrected chi connectivity index (χ3v) is 3.84. The van der Waals surface area contributed by atoms with Gasteiger partial charge in [-0.05, 0) is 25.7 Å². The van der Waals surface area contributed by atoms with Gasteiger partial charge < -0.3 is 16.0 Å². The average molecular weight is 293 g/mol. The third kappa shape index (κ3) is 3.23. The van der Waals surface area contributed by atoms with Crippen molar-refractivity contribution in [3.8, 4) is 0 Å². The molecule has 3 atom stereocenters. The van der Waals surface area contributed by atoms with E-state index in [-0.39, 0.29) is 18.9 Å². The van der Waals surface area contributed by atoms with Gasteiger partial charge in [-0.3, -0.25) is 9.59 Å². The molecule has 2 amide bonds. The molecule has 2 heterocycles. The molecule has 0 aromatic heterocycles. The van der Waals surface area contributed by atoms with E-state index in [9.17, 15) is 22.8 Å². The Bertz CT molecular complexity index is 400. The van der Waals surface area contributed by atoms with Gasteiger partial charge in [0, 0.05) is 19.1 Å². The van der Waals surface area contributed by atoms with E-state index in [2.05, 4.69) is 0 Å². The maximum atomic E-state index is 12.5. The van der Waals surface area contributed by atoms with Crippen molar-refractivity contribution in [1.82, 2.24) is 10.2 Å². The summed E-state index contributed by atoms with van der Waals surface area (Å²) in [5.41, 5.74) is 5.76. The summed E-state index contributed by atoms with van der Waals surface area (Å²) in [4.78, 5) is 25.4. The predicted molar refractivity (Wildman–Crippen MR) is 64.5 cm³/mol. The smallest absolute Gasteiger partial charge is 0.344 e. The molecule has 2 saturated heterocycles. The van der Waals surface area contributed by atoms with Gasteiger partial charge in [-0.15, -0.1) is 0 Å². The van der Waals surface area contributed by atoms with Crippen molar-refractivity contribution in [3.63, 3.8) is 0 Å². The van der Waals surface area contributed by atoms with Crippen LogP contribution in [0.25, 0.3) is 0 Å². The molecule has 0 aliphatic carbocycles. The van der Waals surface area contributed by atoms with Crippen LogP contribution in [0.5, 0.6) is 0 Å². The Labute approximate surface area is 114 Å².